The SMILES string of the molecule is N#Cc1ccc(Cn2c(N3CC[C@@H](F)[C@H](N)C3)nc3cc(F)c(F)cc32)nc1. The second kappa shape index (κ2) is 7.13. The minimum Gasteiger partial charge on any atom is -0.340 e. The van der Waals surface area contributed by atoms with E-state index >= 15 is 0 Å². The van der Waals surface area contributed by atoms with Crippen LogP contribution in [-0.4, -0.2) is 39.8 Å². The van der Waals surface area contributed by atoms with Gasteiger partial charge in [0.15, 0.2) is 11.6 Å². The van der Waals surface area contributed by atoms with Crippen LogP contribution in [0.15, 0.2) is 30.5 Å². The Balaban J connectivity index is 1.79. The number of piperidine rings is 1. The highest BCUT2D eigenvalue weighted by Gasteiger charge is 2.29. The topological polar surface area (TPSA) is 83.8 Å². The first-order valence-corrected chi connectivity index (χ1v) is 8.81. The Labute approximate surface area is 159 Å². The van der Waals surface area contributed by atoms with Gasteiger partial charge in [0.05, 0.1) is 34.9 Å². The van der Waals surface area contributed by atoms with Crippen LogP contribution in [0.5, 0.6) is 0 Å². The summed E-state index contributed by atoms with van der Waals surface area (Å²) in [6.45, 7) is 0.869. The first kappa shape index (κ1) is 18.3. The summed E-state index contributed by atoms with van der Waals surface area (Å²) in [5.74, 6) is -1.51. The summed E-state index contributed by atoms with van der Waals surface area (Å²) in [5, 5.41) is 8.91. The monoisotopic (exact) mass is 386 g/mol. The third kappa shape index (κ3) is 3.27. The van der Waals surface area contributed by atoms with Crippen LogP contribution in [0, 0.1) is 23.0 Å². The molecule has 1 aliphatic rings. The summed E-state index contributed by atoms with van der Waals surface area (Å²) < 4.78 is 43.1. The Morgan fingerprint density at radius 1 is 1.25 bits per heavy atom. The van der Waals surface area contributed by atoms with Crippen LogP contribution in [0.4, 0.5) is 19.1 Å². The second-order valence-corrected chi connectivity index (χ2v) is 6.82. The maximum atomic E-state index is 13.9. The van der Waals surface area contributed by atoms with E-state index in [0.717, 1.165) is 12.1 Å². The second-order valence-electron chi connectivity index (χ2n) is 6.82. The van der Waals surface area contributed by atoms with Crippen molar-refractivity contribution in [3.8, 4) is 6.07 Å². The van der Waals surface area contributed by atoms with Crippen molar-refractivity contribution in [1.29, 1.82) is 5.26 Å². The standard InChI is InChI=1S/C19H17F3N6/c20-13-3-4-27(10-16(13)24)19-26-17-5-14(21)15(22)6-18(17)28(19)9-12-2-1-11(7-23)8-25-12/h1-2,5-6,8,13,16H,3-4,9-10,24H2/t13-,16-/m1/s1. The van der Waals surface area contributed by atoms with E-state index in [4.69, 9.17) is 11.0 Å². The number of alkyl halides is 1. The Hall–Kier alpha value is -3.12. The highest BCUT2D eigenvalue weighted by atomic mass is 19.2. The average molecular weight is 386 g/mol. The molecule has 1 saturated heterocycles. The molecule has 3 heterocycles. The van der Waals surface area contributed by atoms with Crippen LogP contribution in [0.25, 0.3) is 11.0 Å². The van der Waals surface area contributed by atoms with Crippen molar-refractivity contribution >= 4 is 17.0 Å². The summed E-state index contributed by atoms with van der Waals surface area (Å²) in [6, 6.07) is 6.78. The molecule has 3 aromatic rings. The molecule has 28 heavy (non-hydrogen) atoms. The normalized spacial score (nSPS) is 19.8. The Bertz CT molecular complexity index is 1060. The Morgan fingerprint density at radius 2 is 2.04 bits per heavy atom. The number of halogens is 3. The Kier molecular flexibility index (Phi) is 4.65. The number of benzene rings is 1. The molecule has 1 fully saturated rings. The van der Waals surface area contributed by atoms with Gasteiger partial charge in [0.25, 0.3) is 0 Å². The van der Waals surface area contributed by atoms with E-state index in [0.29, 0.717) is 34.8 Å². The third-order valence-electron chi connectivity index (χ3n) is 4.90. The summed E-state index contributed by atoms with van der Waals surface area (Å²) in [6.07, 6.45) is 0.602. The molecule has 2 atom stereocenters. The van der Waals surface area contributed by atoms with Gasteiger partial charge in [0, 0.05) is 31.4 Å². The van der Waals surface area contributed by atoms with E-state index in [2.05, 4.69) is 9.97 Å². The van der Waals surface area contributed by atoms with Gasteiger partial charge in [-0.1, -0.05) is 0 Å². The highest BCUT2D eigenvalue weighted by molar-refractivity contribution is 5.79. The van der Waals surface area contributed by atoms with Gasteiger partial charge < -0.3 is 15.2 Å². The van der Waals surface area contributed by atoms with Crippen molar-refractivity contribution in [2.24, 2.45) is 5.73 Å². The number of hydrogen-bond donors (Lipinski definition) is 1. The van der Waals surface area contributed by atoms with Crippen molar-refractivity contribution in [3.05, 3.63) is 53.4 Å². The Morgan fingerprint density at radius 3 is 2.71 bits per heavy atom. The molecule has 0 unspecified atom stereocenters. The van der Waals surface area contributed by atoms with E-state index in [-0.39, 0.29) is 19.5 Å². The summed E-state index contributed by atoms with van der Waals surface area (Å²) in [5.41, 5.74) is 7.60. The van der Waals surface area contributed by atoms with Crippen molar-refractivity contribution < 1.29 is 13.2 Å². The molecule has 0 amide bonds. The molecule has 1 aliphatic heterocycles. The molecule has 1 aromatic carbocycles. The smallest absolute Gasteiger partial charge is 0.206 e. The fraction of sp³-hybridized carbons (Fsp3) is 0.316. The largest absolute Gasteiger partial charge is 0.340 e. The summed E-state index contributed by atoms with van der Waals surface area (Å²) in [7, 11) is 0. The molecule has 0 bridgehead atoms. The van der Waals surface area contributed by atoms with Crippen molar-refractivity contribution in [2.45, 2.75) is 25.2 Å². The van der Waals surface area contributed by atoms with E-state index in [1.165, 1.54) is 6.20 Å². The first-order valence-electron chi connectivity index (χ1n) is 8.81. The first-order chi connectivity index (χ1) is 13.5. The van der Waals surface area contributed by atoms with E-state index in [1.807, 2.05) is 11.0 Å². The van der Waals surface area contributed by atoms with Crippen LogP contribution in [0.1, 0.15) is 17.7 Å². The lowest BCUT2D eigenvalue weighted by atomic mass is 10.1. The molecule has 0 saturated carbocycles. The van der Waals surface area contributed by atoms with Gasteiger partial charge in [-0.15, -0.1) is 0 Å². The fourth-order valence-electron chi connectivity index (χ4n) is 3.39. The number of imidazole rings is 1. The van der Waals surface area contributed by atoms with Crippen molar-refractivity contribution in [3.63, 3.8) is 0 Å². The summed E-state index contributed by atoms with van der Waals surface area (Å²) >= 11 is 0. The summed E-state index contributed by atoms with van der Waals surface area (Å²) in [4.78, 5) is 10.5. The number of nitrogens with zero attached hydrogens (tertiary/aromatic N) is 5. The molecule has 4 rings (SSSR count). The molecular formula is C19H17F3N6. The fourth-order valence-corrected chi connectivity index (χ4v) is 3.39. The number of nitriles is 1. The number of fused-ring (bicyclic) bond motifs is 1. The van der Waals surface area contributed by atoms with E-state index in [1.54, 1.807) is 16.7 Å². The van der Waals surface area contributed by atoms with Crippen LogP contribution in [0.2, 0.25) is 0 Å². The molecular weight excluding hydrogens is 369 g/mol. The lowest BCUT2D eigenvalue weighted by Crippen LogP contribution is -2.50. The number of pyridine rings is 1. The van der Waals surface area contributed by atoms with Crippen molar-refractivity contribution in [1.82, 2.24) is 14.5 Å². The van der Waals surface area contributed by atoms with Gasteiger partial charge >= 0.3 is 0 Å². The van der Waals surface area contributed by atoms with Crippen LogP contribution in [0.3, 0.4) is 0 Å². The zero-order valence-corrected chi connectivity index (χ0v) is 14.8. The maximum Gasteiger partial charge on any atom is 0.206 e. The van der Waals surface area contributed by atoms with E-state index < -0.39 is 23.8 Å². The van der Waals surface area contributed by atoms with Gasteiger partial charge in [-0.2, -0.15) is 5.26 Å². The minimum atomic E-state index is -1.09. The average Bonchev–Trinajstić information content (AvgIpc) is 3.02. The van der Waals surface area contributed by atoms with Crippen molar-refractivity contribution in [2.75, 3.05) is 18.0 Å². The quantitative estimate of drug-likeness (QED) is 0.748. The van der Waals surface area contributed by atoms with Gasteiger partial charge in [-0.05, 0) is 18.6 Å². The zero-order valence-electron chi connectivity index (χ0n) is 14.8. The van der Waals surface area contributed by atoms with Crippen LogP contribution < -0.4 is 10.6 Å². The van der Waals surface area contributed by atoms with Crippen LogP contribution >= 0.6 is 0 Å². The predicted octanol–water partition coefficient (Wildman–Crippen LogP) is 2.50. The van der Waals surface area contributed by atoms with E-state index in [9.17, 15) is 13.2 Å². The molecule has 0 aliphatic carbocycles. The molecule has 144 valence electrons. The van der Waals surface area contributed by atoms with Gasteiger partial charge in [-0.25, -0.2) is 18.2 Å². The molecule has 2 aromatic heterocycles. The minimum absolute atomic E-state index is 0.230. The van der Waals surface area contributed by atoms with Crippen LogP contribution in [-0.2, 0) is 6.54 Å². The number of nitrogens with two attached hydrogens (primary N) is 1. The molecule has 2 N–H and O–H groups in total. The number of rotatable bonds is 3. The van der Waals surface area contributed by atoms with Gasteiger partial charge in [-0.3, -0.25) is 4.98 Å². The number of anilines is 1. The molecule has 6 nitrogen and oxygen atoms in total. The van der Waals surface area contributed by atoms with Gasteiger partial charge in [0.2, 0.25) is 5.95 Å². The number of hydrogen-bond acceptors (Lipinski definition) is 5. The predicted molar refractivity (Wildman–Crippen MR) is 97.4 cm³/mol. The molecule has 0 spiro atoms. The lowest BCUT2D eigenvalue weighted by Gasteiger charge is -2.34. The number of aromatic nitrogens is 3. The maximum absolute atomic E-state index is 13.9. The third-order valence-corrected chi connectivity index (χ3v) is 4.90. The van der Waals surface area contributed by atoms with Gasteiger partial charge in [0.1, 0.15) is 12.2 Å². The highest BCUT2D eigenvalue weighted by Crippen LogP contribution is 2.28. The molecule has 9 heteroatoms. The zero-order chi connectivity index (χ0) is 19.8. The molecule has 0 radical (unpaired) electrons. The lowest BCUT2D eigenvalue weighted by molar-refractivity contribution is 0.243.